The minimum absolute atomic E-state index is 0.600. The van der Waals surface area contributed by atoms with E-state index in [0.29, 0.717) is 12.6 Å². The summed E-state index contributed by atoms with van der Waals surface area (Å²) in [6, 6.07) is 0. The van der Waals surface area contributed by atoms with Crippen LogP contribution < -0.4 is 5.32 Å². The SMILES string of the molecule is CCCCOCCNc1nnc(CC)c(CC)n1. The number of aryl methyl sites for hydroxylation is 2. The molecule has 1 aromatic heterocycles. The Hall–Kier alpha value is -1.23. The third kappa shape index (κ3) is 4.96. The lowest BCUT2D eigenvalue weighted by molar-refractivity contribution is 0.141. The van der Waals surface area contributed by atoms with E-state index in [9.17, 15) is 0 Å². The standard InChI is InChI=1S/C13H24N4O/c1-4-7-9-18-10-8-14-13-15-11(5-2)12(6-3)16-17-13/h4-10H2,1-3H3,(H,14,15,17). The molecule has 0 aliphatic rings. The van der Waals surface area contributed by atoms with E-state index in [-0.39, 0.29) is 0 Å². The summed E-state index contributed by atoms with van der Waals surface area (Å²) in [5, 5.41) is 11.4. The number of ether oxygens (including phenoxy) is 1. The maximum atomic E-state index is 5.46. The first-order chi connectivity index (χ1) is 8.81. The summed E-state index contributed by atoms with van der Waals surface area (Å²) >= 11 is 0. The van der Waals surface area contributed by atoms with Crippen molar-refractivity contribution in [3.05, 3.63) is 11.4 Å². The van der Waals surface area contributed by atoms with Gasteiger partial charge in [0, 0.05) is 13.2 Å². The first-order valence-corrected chi connectivity index (χ1v) is 6.85. The van der Waals surface area contributed by atoms with Crippen molar-refractivity contribution in [1.82, 2.24) is 15.2 Å². The predicted molar refractivity (Wildman–Crippen MR) is 72.8 cm³/mol. The van der Waals surface area contributed by atoms with Crippen LogP contribution in [0, 0.1) is 0 Å². The molecule has 0 fully saturated rings. The Labute approximate surface area is 109 Å². The predicted octanol–water partition coefficient (Wildman–Crippen LogP) is 2.22. The van der Waals surface area contributed by atoms with Gasteiger partial charge in [-0.15, -0.1) is 5.10 Å². The van der Waals surface area contributed by atoms with E-state index in [2.05, 4.69) is 41.3 Å². The Kier molecular flexibility index (Phi) is 7.25. The second-order valence-electron chi connectivity index (χ2n) is 4.13. The summed E-state index contributed by atoms with van der Waals surface area (Å²) in [4.78, 5) is 4.46. The zero-order valence-electron chi connectivity index (χ0n) is 11.7. The lowest BCUT2D eigenvalue weighted by Crippen LogP contribution is -2.14. The molecule has 0 saturated heterocycles. The zero-order chi connectivity index (χ0) is 13.2. The van der Waals surface area contributed by atoms with Crippen LogP contribution in [0.4, 0.5) is 5.95 Å². The van der Waals surface area contributed by atoms with E-state index in [1.54, 1.807) is 0 Å². The molecule has 0 saturated carbocycles. The summed E-state index contributed by atoms with van der Waals surface area (Å²) in [6.45, 7) is 8.54. The van der Waals surface area contributed by atoms with Gasteiger partial charge >= 0.3 is 0 Å². The molecule has 5 heteroatoms. The fourth-order valence-electron chi connectivity index (χ4n) is 1.60. The van der Waals surface area contributed by atoms with E-state index in [4.69, 9.17) is 4.74 Å². The van der Waals surface area contributed by atoms with Crippen molar-refractivity contribution in [3.63, 3.8) is 0 Å². The van der Waals surface area contributed by atoms with Crippen molar-refractivity contribution in [2.45, 2.75) is 46.5 Å². The van der Waals surface area contributed by atoms with Crippen LogP contribution in [0.25, 0.3) is 0 Å². The molecule has 5 nitrogen and oxygen atoms in total. The quantitative estimate of drug-likeness (QED) is 0.683. The third-order valence-electron chi connectivity index (χ3n) is 2.68. The van der Waals surface area contributed by atoms with E-state index in [1.807, 2.05) is 0 Å². The molecular formula is C13H24N4O. The number of hydrogen-bond donors (Lipinski definition) is 1. The van der Waals surface area contributed by atoms with Crippen LogP contribution in [0.3, 0.4) is 0 Å². The number of hydrogen-bond acceptors (Lipinski definition) is 5. The fourth-order valence-corrected chi connectivity index (χ4v) is 1.60. The Morgan fingerprint density at radius 3 is 2.44 bits per heavy atom. The lowest BCUT2D eigenvalue weighted by atomic mass is 10.2. The molecule has 0 unspecified atom stereocenters. The van der Waals surface area contributed by atoms with Gasteiger partial charge in [-0.1, -0.05) is 27.2 Å². The minimum atomic E-state index is 0.600. The molecule has 0 aliphatic carbocycles. The number of anilines is 1. The first-order valence-electron chi connectivity index (χ1n) is 6.85. The molecule has 0 radical (unpaired) electrons. The average Bonchev–Trinajstić information content (AvgIpc) is 2.42. The lowest BCUT2D eigenvalue weighted by Gasteiger charge is -2.08. The van der Waals surface area contributed by atoms with Crippen LogP contribution in [0.1, 0.15) is 45.0 Å². The summed E-state index contributed by atoms with van der Waals surface area (Å²) < 4.78 is 5.46. The highest BCUT2D eigenvalue weighted by Gasteiger charge is 2.05. The second-order valence-corrected chi connectivity index (χ2v) is 4.13. The van der Waals surface area contributed by atoms with E-state index in [0.717, 1.165) is 43.8 Å². The van der Waals surface area contributed by atoms with Crippen molar-refractivity contribution in [2.75, 3.05) is 25.1 Å². The monoisotopic (exact) mass is 252 g/mol. The van der Waals surface area contributed by atoms with Gasteiger partial charge in [-0.05, 0) is 19.3 Å². The normalized spacial score (nSPS) is 10.6. The van der Waals surface area contributed by atoms with Gasteiger partial charge in [0.2, 0.25) is 5.95 Å². The third-order valence-corrected chi connectivity index (χ3v) is 2.68. The highest BCUT2D eigenvalue weighted by atomic mass is 16.5. The number of rotatable bonds is 9. The van der Waals surface area contributed by atoms with Crippen molar-refractivity contribution in [1.29, 1.82) is 0 Å². The van der Waals surface area contributed by atoms with Crippen LogP contribution in [-0.2, 0) is 17.6 Å². The molecule has 102 valence electrons. The van der Waals surface area contributed by atoms with Crippen molar-refractivity contribution >= 4 is 5.95 Å². The van der Waals surface area contributed by atoms with Crippen molar-refractivity contribution < 1.29 is 4.74 Å². The highest BCUT2D eigenvalue weighted by Crippen LogP contribution is 2.06. The number of unbranched alkanes of at least 4 members (excludes halogenated alkanes) is 1. The van der Waals surface area contributed by atoms with Gasteiger partial charge in [-0.3, -0.25) is 0 Å². The van der Waals surface area contributed by atoms with Gasteiger partial charge in [0.15, 0.2) is 0 Å². The molecule has 1 rings (SSSR count). The summed E-state index contributed by atoms with van der Waals surface area (Å²) in [6.07, 6.45) is 4.05. The summed E-state index contributed by atoms with van der Waals surface area (Å²) in [5.41, 5.74) is 2.02. The maximum absolute atomic E-state index is 5.46. The average molecular weight is 252 g/mol. The largest absolute Gasteiger partial charge is 0.380 e. The van der Waals surface area contributed by atoms with Gasteiger partial charge in [0.25, 0.3) is 0 Å². The molecule has 18 heavy (non-hydrogen) atoms. The van der Waals surface area contributed by atoms with Gasteiger partial charge in [0.05, 0.1) is 18.0 Å². The topological polar surface area (TPSA) is 59.9 Å². The summed E-state index contributed by atoms with van der Waals surface area (Å²) in [7, 11) is 0. The molecule has 0 aromatic carbocycles. The Bertz CT molecular complexity index is 344. The van der Waals surface area contributed by atoms with Crippen LogP contribution in [0.5, 0.6) is 0 Å². The number of nitrogens with one attached hydrogen (secondary N) is 1. The van der Waals surface area contributed by atoms with E-state index >= 15 is 0 Å². The number of aromatic nitrogens is 3. The summed E-state index contributed by atoms with van der Waals surface area (Å²) in [5.74, 6) is 0.600. The molecule has 0 aliphatic heterocycles. The van der Waals surface area contributed by atoms with Gasteiger partial charge in [0.1, 0.15) is 0 Å². The van der Waals surface area contributed by atoms with Crippen LogP contribution in [-0.4, -0.2) is 34.9 Å². The second kappa shape index (κ2) is 8.80. The smallest absolute Gasteiger partial charge is 0.243 e. The van der Waals surface area contributed by atoms with Crippen LogP contribution in [0.15, 0.2) is 0 Å². The Balaban J connectivity index is 2.34. The molecule has 1 aromatic rings. The maximum Gasteiger partial charge on any atom is 0.243 e. The molecular weight excluding hydrogens is 228 g/mol. The first kappa shape index (κ1) is 14.8. The minimum Gasteiger partial charge on any atom is -0.380 e. The van der Waals surface area contributed by atoms with Crippen LogP contribution in [0.2, 0.25) is 0 Å². The zero-order valence-corrected chi connectivity index (χ0v) is 11.7. The molecule has 1 heterocycles. The van der Waals surface area contributed by atoms with Crippen molar-refractivity contribution in [2.24, 2.45) is 0 Å². The van der Waals surface area contributed by atoms with Gasteiger partial charge in [-0.25, -0.2) is 4.98 Å². The van der Waals surface area contributed by atoms with E-state index in [1.165, 1.54) is 6.42 Å². The fraction of sp³-hybridized carbons (Fsp3) is 0.769. The molecule has 0 spiro atoms. The number of nitrogens with zero attached hydrogens (tertiary/aromatic N) is 3. The molecule has 0 amide bonds. The van der Waals surface area contributed by atoms with E-state index < -0.39 is 0 Å². The Morgan fingerprint density at radius 1 is 1.00 bits per heavy atom. The molecule has 1 N–H and O–H groups in total. The van der Waals surface area contributed by atoms with Crippen LogP contribution >= 0.6 is 0 Å². The van der Waals surface area contributed by atoms with Crippen molar-refractivity contribution in [3.8, 4) is 0 Å². The van der Waals surface area contributed by atoms with Gasteiger partial charge in [-0.2, -0.15) is 5.10 Å². The Morgan fingerprint density at radius 2 is 1.78 bits per heavy atom. The van der Waals surface area contributed by atoms with Gasteiger partial charge < -0.3 is 10.1 Å². The molecule has 0 atom stereocenters. The molecule has 0 bridgehead atoms. The highest BCUT2D eigenvalue weighted by molar-refractivity contribution is 5.25.